The van der Waals surface area contributed by atoms with Crippen LogP contribution in [-0.4, -0.2) is 22.0 Å². The number of furan rings is 1. The van der Waals surface area contributed by atoms with Crippen molar-refractivity contribution in [1.82, 2.24) is 10.6 Å². The van der Waals surface area contributed by atoms with Crippen LogP contribution in [0.1, 0.15) is 26.5 Å². The highest BCUT2D eigenvalue weighted by molar-refractivity contribution is 8.26. The lowest BCUT2D eigenvalue weighted by Crippen LogP contribution is -2.19. The fraction of sp³-hybridized carbons (Fsp3) is 0. The van der Waals surface area contributed by atoms with Gasteiger partial charge in [-0.25, -0.2) is 0 Å². The predicted octanol–water partition coefficient (Wildman–Crippen LogP) is 2.32. The van der Waals surface area contributed by atoms with E-state index in [1.807, 2.05) is 0 Å². The molecule has 2 N–H and O–H groups in total. The van der Waals surface area contributed by atoms with Crippen molar-refractivity contribution in [2.24, 2.45) is 0 Å². The van der Waals surface area contributed by atoms with Crippen LogP contribution >= 0.6 is 24.0 Å². The van der Waals surface area contributed by atoms with E-state index >= 15 is 0 Å². The van der Waals surface area contributed by atoms with Gasteiger partial charge in [0.2, 0.25) is 0 Å². The molecule has 8 heteroatoms. The molecule has 1 aromatic heterocycles. The number of carbonyl (C=O) groups excluding carboxylic acids is 3. The van der Waals surface area contributed by atoms with Crippen LogP contribution in [0, 0.1) is 0 Å². The number of carbonyl (C=O) groups is 3. The molecule has 3 amide bonds. The highest BCUT2D eigenvalue weighted by Gasteiger charge is 2.27. The normalized spacial score (nSPS) is 18.1. The molecule has 2 aliphatic heterocycles. The van der Waals surface area contributed by atoms with Gasteiger partial charge in [0.15, 0.2) is 0 Å². The Morgan fingerprint density at radius 2 is 1.75 bits per heavy atom. The van der Waals surface area contributed by atoms with E-state index in [2.05, 4.69) is 10.6 Å². The third kappa shape index (κ3) is 2.45. The van der Waals surface area contributed by atoms with Gasteiger partial charge in [0.05, 0.1) is 16.0 Å². The number of nitrogens with one attached hydrogen (secondary N) is 2. The standard InChI is InChI=1S/C16H8N2O4S2/c19-13-9-3-1-7(5-10(9)14(20)17-13)11-4-2-8(22-11)6-12-15(21)18-16(23)24-12/h1-6H,(H,17,19,20)(H,18,21,23)/b12-6+. The van der Waals surface area contributed by atoms with Gasteiger partial charge < -0.3 is 9.73 Å². The van der Waals surface area contributed by atoms with Crippen molar-refractivity contribution in [3.63, 3.8) is 0 Å². The molecule has 2 aromatic rings. The molecule has 1 fully saturated rings. The van der Waals surface area contributed by atoms with Crippen molar-refractivity contribution < 1.29 is 18.8 Å². The van der Waals surface area contributed by atoms with Gasteiger partial charge in [-0.2, -0.15) is 0 Å². The zero-order valence-electron chi connectivity index (χ0n) is 11.9. The summed E-state index contributed by atoms with van der Waals surface area (Å²) in [6.45, 7) is 0. The van der Waals surface area contributed by atoms with E-state index in [4.69, 9.17) is 16.6 Å². The fourth-order valence-electron chi connectivity index (χ4n) is 2.46. The molecule has 0 bridgehead atoms. The van der Waals surface area contributed by atoms with Gasteiger partial charge in [-0.3, -0.25) is 19.7 Å². The van der Waals surface area contributed by atoms with Gasteiger partial charge >= 0.3 is 0 Å². The van der Waals surface area contributed by atoms with Crippen LogP contribution in [0.3, 0.4) is 0 Å². The SMILES string of the molecule is O=C1NC(=S)S/C1=C/c1ccc(-c2ccc3c(c2)C(=O)NC3=O)o1. The van der Waals surface area contributed by atoms with Gasteiger partial charge in [-0.15, -0.1) is 0 Å². The molecule has 0 saturated carbocycles. The predicted molar refractivity (Wildman–Crippen MR) is 92.2 cm³/mol. The molecule has 3 heterocycles. The number of fused-ring (bicyclic) bond motifs is 1. The summed E-state index contributed by atoms with van der Waals surface area (Å²) in [5.74, 6) is -0.0447. The molecule has 0 spiro atoms. The number of rotatable bonds is 2. The average molecular weight is 356 g/mol. The summed E-state index contributed by atoms with van der Waals surface area (Å²) < 4.78 is 6.12. The van der Waals surface area contributed by atoms with Crippen LogP contribution in [0.4, 0.5) is 0 Å². The van der Waals surface area contributed by atoms with Crippen LogP contribution < -0.4 is 10.6 Å². The van der Waals surface area contributed by atoms with Crippen molar-refractivity contribution in [2.45, 2.75) is 0 Å². The summed E-state index contributed by atoms with van der Waals surface area (Å²) in [7, 11) is 0. The molecule has 0 atom stereocenters. The molecule has 2 aliphatic rings. The third-order valence-electron chi connectivity index (χ3n) is 3.56. The van der Waals surface area contributed by atoms with E-state index in [0.717, 1.165) is 0 Å². The van der Waals surface area contributed by atoms with Crippen molar-refractivity contribution in [3.05, 3.63) is 52.1 Å². The molecule has 6 nitrogen and oxygen atoms in total. The number of hydrogen-bond donors (Lipinski definition) is 2. The lowest BCUT2D eigenvalue weighted by Gasteiger charge is -1.99. The molecule has 0 aliphatic carbocycles. The first-order valence-corrected chi connectivity index (χ1v) is 8.08. The number of imide groups is 1. The number of thiocarbonyl (C=S) groups is 1. The van der Waals surface area contributed by atoms with Crippen molar-refractivity contribution in [2.75, 3.05) is 0 Å². The Hall–Kier alpha value is -2.71. The van der Waals surface area contributed by atoms with Crippen molar-refractivity contribution in [1.29, 1.82) is 0 Å². The Bertz CT molecular complexity index is 974. The maximum atomic E-state index is 11.7. The van der Waals surface area contributed by atoms with E-state index in [9.17, 15) is 14.4 Å². The van der Waals surface area contributed by atoms with Crippen LogP contribution in [0.15, 0.2) is 39.7 Å². The smallest absolute Gasteiger partial charge is 0.263 e. The zero-order valence-corrected chi connectivity index (χ0v) is 13.5. The maximum absolute atomic E-state index is 11.7. The summed E-state index contributed by atoms with van der Waals surface area (Å²) in [5.41, 5.74) is 1.34. The van der Waals surface area contributed by atoms with Crippen molar-refractivity contribution in [3.8, 4) is 11.3 Å². The van der Waals surface area contributed by atoms with Gasteiger partial charge in [0.1, 0.15) is 15.8 Å². The Kier molecular flexibility index (Phi) is 3.36. The molecule has 0 radical (unpaired) electrons. The molecule has 24 heavy (non-hydrogen) atoms. The van der Waals surface area contributed by atoms with Crippen molar-refractivity contribution >= 4 is 52.1 Å². The van der Waals surface area contributed by atoms with Crippen LogP contribution in [0.2, 0.25) is 0 Å². The maximum Gasteiger partial charge on any atom is 0.263 e. The molecule has 118 valence electrons. The zero-order chi connectivity index (χ0) is 16.8. The topological polar surface area (TPSA) is 88.4 Å². The lowest BCUT2D eigenvalue weighted by molar-refractivity contribution is -0.115. The summed E-state index contributed by atoms with van der Waals surface area (Å²) in [4.78, 5) is 35.4. The summed E-state index contributed by atoms with van der Waals surface area (Å²) in [6, 6.07) is 8.36. The van der Waals surface area contributed by atoms with Crippen LogP contribution in [0.25, 0.3) is 17.4 Å². The highest BCUT2D eigenvalue weighted by Crippen LogP contribution is 2.30. The first kappa shape index (κ1) is 14.9. The van der Waals surface area contributed by atoms with E-state index in [1.54, 1.807) is 36.4 Å². The van der Waals surface area contributed by atoms with Gasteiger partial charge in [0.25, 0.3) is 17.7 Å². The molecule has 1 aromatic carbocycles. The first-order valence-electron chi connectivity index (χ1n) is 6.86. The van der Waals surface area contributed by atoms with E-state index in [0.29, 0.717) is 37.4 Å². The van der Waals surface area contributed by atoms with E-state index < -0.39 is 11.8 Å². The Balaban J connectivity index is 1.67. The second kappa shape index (κ2) is 5.43. The minimum Gasteiger partial charge on any atom is -0.457 e. The van der Waals surface area contributed by atoms with Gasteiger partial charge in [-0.05, 0) is 24.3 Å². The molecule has 0 unspecified atom stereocenters. The fourth-order valence-corrected chi connectivity index (χ4v) is 3.48. The highest BCUT2D eigenvalue weighted by atomic mass is 32.2. The average Bonchev–Trinajstić information content (AvgIpc) is 3.20. The van der Waals surface area contributed by atoms with Crippen LogP contribution in [-0.2, 0) is 4.79 Å². The summed E-state index contributed by atoms with van der Waals surface area (Å²) in [5, 5.41) is 4.78. The van der Waals surface area contributed by atoms with Gasteiger partial charge in [0, 0.05) is 11.6 Å². The monoisotopic (exact) mass is 356 g/mol. The quantitative estimate of drug-likeness (QED) is 0.488. The molecule has 4 rings (SSSR count). The Morgan fingerprint density at radius 3 is 2.50 bits per heavy atom. The minimum absolute atomic E-state index is 0.254. The number of hydrogen-bond acceptors (Lipinski definition) is 6. The second-order valence-electron chi connectivity index (χ2n) is 5.10. The van der Waals surface area contributed by atoms with E-state index in [-0.39, 0.29) is 5.91 Å². The molecule has 1 saturated heterocycles. The lowest BCUT2D eigenvalue weighted by atomic mass is 10.0. The number of thioether (sulfide) groups is 1. The second-order valence-corrected chi connectivity index (χ2v) is 6.82. The van der Waals surface area contributed by atoms with E-state index in [1.165, 1.54) is 11.8 Å². The number of benzene rings is 1. The largest absolute Gasteiger partial charge is 0.457 e. The third-order valence-corrected chi connectivity index (χ3v) is 4.73. The Labute approximate surface area is 145 Å². The molecular weight excluding hydrogens is 348 g/mol. The summed E-state index contributed by atoms with van der Waals surface area (Å²) in [6.07, 6.45) is 1.60. The Morgan fingerprint density at radius 1 is 0.958 bits per heavy atom. The summed E-state index contributed by atoms with van der Waals surface area (Å²) >= 11 is 6.10. The molecular formula is C16H8N2O4S2. The van der Waals surface area contributed by atoms with Gasteiger partial charge in [-0.1, -0.05) is 30.0 Å². The van der Waals surface area contributed by atoms with Crippen LogP contribution in [0.5, 0.6) is 0 Å². The minimum atomic E-state index is -0.418. The first-order chi connectivity index (χ1) is 11.5. The number of amides is 3.